The van der Waals surface area contributed by atoms with Gasteiger partial charge in [-0.25, -0.2) is 4.98 Å². The summed E-state index contributed by atoms with van der Waals surface area (Å²) in [5.74, 6) is 0.492. The second kappa shape index (κ2) is 5.41. The highest BCUT2D eigenvalue weighted by atomic mass is 35.5. The van der Waals surface area contributed by atoms with Crippen LogP contribution in [0.15, 0.2) is 24.3 Å². The molecule has 0 bridgehead atoms. The van der Waals surface area contributed by atoms with Crippen molar-refractivity contribution < 1.29 is 4.92 Å². The van der Waals surface area contributed by atoms with Gasteiger partial charge < -0.3 is 10.6 Å². The molecule has 8 heteroatoms. The number of rotatable bonds is 4. The van der Waals surface area contributed by atoms with Gasteiger partial charge >= 0.3 is 5.69 Å². The molecule has 0 aliphatic rings. The van der Waals surface area contributed by atoms with E-state index in [-0.39, 0.29) is 11.5 Å². The number of pyridine rings is 1. The number of nitro groups is 1. The van der Waals surface area contributed by atoms with Crippen LogP contribution in [0.1, 0.15) is 4.88 Å². The van der Waals surface area contributed by atoms with Crippen LogP contribution in [-0.4, -0.2) is 17.0 Å². The van der Waals surface area contributed by atoms with E-state index in [9.17, 15) is 10.1 Å². The van der Waals surface area contributed by atoms with Crippen LogP contribution >= 0.6 is 22.9 Å². The molecule has 0 atom stereocenters. The number of aromatic nitrogens is 1. The number of anilines is 2. The monoisotopic (exact) mass is 298 g/mol. The number of hydrogen-bond donors (Lipinski definition) is 1. The van der Waals surface area contributed by atoms with E-state index in [0.717, 1.165) is 9.21 Å². The lowest BCUT2D eigenvalue weighted by atomic mass is 10.3. The minimum Gasteiger partial charge on any atom is -0.378 e. The third kappa shape index (κ3) is 3.12. The second-order valence-corrected chi connectivity index (χ2v) is 5.69. The Morgan fingerprint density at radius 1 is 1.47 bits per heavy atom. The molecule has 0 aromatic carbocycles. The quantitative estimate of drug-likeness (QED) is 0.693. The van der Waals surface area contributed by atoms with Gasteiger partial charge in [0.2, 0.25) is 5.82 Å². The average Bonchev–Trinajstić information content (AvgIpc) is 2.74. The summed E-state index contributed by atoms with van der Waals surface area (Å²) < 4.78 is 0.722. The minimum atomic E-state index is -0.550. The molecule has 2 aromatic rings. The molecule has 0 saturated heterocycles. The topological polar surface area (TPSA) is 85.3 Å². The summed E-state index contributed by atoms with van der Waals surface area (Å²) >= 11 is 7.34. The molecule has 2 aromatic heterocycles. The number of nitrogens with two attached hydrogens (primary N) is 1. The molecule has 0 unspecified atom stereocenters. The lowest BCUT2D eigenvalue weighted by Crippen LogP contribution is -2.17. The Bertz CT molecular complexity index is 616. The fourth-order valence-electron chi connectivity index (χ4n) is 1.58. The molecule has 0 aliphatic carbocycles. The van der Waals surface area contributed by atoms with Gasteiger partial charge in [0, 0.05) is 18.0 Å². The molecule has 0 saturated carbocycles. The number of halogens is 1. The lowest BCUT2D eigenvalue weighted by molar-refractivity contribution is -0.384. The zero-order valence-corrected chi connectivity index (χ0v) is 11.6. The summed E-state index contributed by atoms with van der Waals surface area (Å²) in [5.41, 5.74) is 5.38. The molecule has 0 radical (unpaired) electrons. The molecular formula is C11H11ClN4O2S. The van der Waals surface area contributed by atoms with Crippen LogP contribution in [0, 0.1) is 10.1 Å². The van der Waals surface area contributed by atoms with E-state index >= 15 is 0 Å². The lowest BCUT2D eigenvalue weighted by Gasteiger charge is -2.17. The highest BCUT2D eigenvalue weighted by Crippen LogP contribution is 2.26. The molecule has 19 heavy (non-hydrogen) atoms. The number of nitrogen functional groups attached to an aromatic ring is 1. The van der Waals surface area contributed by atoms with E-state index in [1.807, 2.05) is 24.1 Å². The van der Waals surface area contributed by atoms with Crippen LogP contribution < -0.4 is 10.6 Å². The maximum atomic E-state index is 10.7. The maximum Gasteiger partial charge on any atom is 0.311 e. The van der Waals surface area contributed by atoms with Crippen LogP contribution in [0.4, 0.5) is 17.3 Å². The van der Waals surface area contributed by atoms with Gasteiger partial charge in [0.05, 0.1) is 15.8 Å². The third-order valence-corrected chi connectivity index (χ3v) is 3.71. The normalized spacial score (nSPS) is 10.4. The zero-order chi connectivity index (χ0) is 14.0. The van der Waals surface area contributed by atoms with Gasteiger partial charge in [0.1, 0.15) is 5.82 Å². The first-order valence-corrected chi connectivity index (χ1v) is 6.53. The Balaban J connectivity index is 2.17. The third-order valence-electron chi connectivity index (χ3n) is 2.50. The molecule has 0 aliphatic heterocycles. The van der Waals surface area contributed by atoms with Crippen LogP contribution in [0.25, 0.3) is 0 Å². The van der Waals surface area contributed by atoms with E-state index in [4.69, 9.17) is 17.3 Å². The predicted octanol–water partition coefficient (Wildman–Crippen LogP) is 2.92. The van der Waals surface area contributed by atoms with E-state index < -0.39 is 4.92 Å². The average molecular weight is 299 g/mol. The number of thiophene rings is 1. The fourth-order valence-corrected chi connectivity index (χ4v) is 2.72. The molecule has 2 rings (SSSR count). The fraction of sp³-hybridized carbons (Fsp3) is 0.182. The van der Waals surface area contributed by atoms with Gasteiger partial charge in [-0.15, -0.1) is 11.3 Å². The molecule has 100 valence electrons. The Hall–Kier alpha value is -1.86. The summed E-state index contributed by atoms with van der Waals surface area (Å²) in [4.78, 5) is 17.1. The van der Waals surface area contributed by atoms with Crippen molar-refractivity contribution in [1.82, 2.24) is 4.98 Å². The van der Waals surface area contributed by atoms with E-state index in [1.54, 1.807) is 6.07 Å². The van der Waals surface area contributed by atoms with Gasteiger partial charge in [-0.1, -0.05) is 11.6 Å². The number of nitrogens with zero attached hydrogens (tertiary/aromatic N) is 3. The van der Waals surface area contributed by atoms with Crippen molar-refractivity contribution in [2.24, 2.45) is 0 Å². The van der Waals surface area contributed by atoms with E-state index in [2.05, 4.69) is 4.98 Å². The maximum absolute atomic E-state index is 10.7. The standard InChI is InChI=1S/C11H11ClN4O2S/c1-15(6-7-2-4-9(12)19-7)10-5-3-8(16(17)18)11(13)14-10/h2-5H,6H2,1H3,(H2,13,14). The largest absolute Gasteiger partial charge is 0.378 e. The van der Waals surface area contributed by atoms with Crippen LogP contribution in [-0.2, 0) is 6.54 Å². The second-order valence-electron chi connectivity index (χ2n) is 3.89. The summed E-state index contributed by atoms with van der Waals surface area (Å²) in [6.07, 6.45) is 0. The van der Waals surface area contributed by atoms with Crippen molar-refractivity contribution in [1.29, 1.82) is 0 Å². The smallest absolute Gasteiger partial charge is 0.311 e. The molecule has 0 fully saturated rings. The van der Waals surface area contributed by atoms with E-state index in [0.29, 0.717) is 12.4 Å². The van der Waals surface area contributed by atoms with Gasteiger partial charge in [-0.3, -0.25) is 10.1 Å². The van der Waals surface area contributed by atoms with Crippen LogP contribution in [0.3, 0.4) is 0 Å². The Labute approximate surface area is 118 Å². The van der Waals surface area contributed by atoms with E-state index in [1.165, 1.54) is 17.4 Å². The molecular weight excluding hydrogens is 288 g/mol. The van der Waals surface area contributed by atoms with Gasteiger partial charge in [0.25, 0.3) is 0 Å². The highest BCUT2D eigenvalue weighted by molar-refractivity contribution is 7.16. The summed E-state index contributed by atoms with van der Waals surface area (Å²) in [6, 6.07) is 6.69. The summed E-state index contributed by atoms with van der Waals surface area (Å²) in [7, 11) is 1.83. The molecule has 0 spiro atoms. The first-order valence-electron chi connectivity index (χ1n) is 5.33. The first-order chi connectivity index (χ1) is 8.97. The minimum absolute atomic E-state index is 0.0847. The summed E-state index contributed by atoms with van der Waals surface area (Å²) in [5, 5.41) is 10.7. The van der Waals surface area contributed by atoms with Crippen molar-refractivity contribution in [3.63, 3.8) is 0 Å². The molecule has 2 N–H and O–H groups in total. The van der Waals surface area contributed by atoms with Crippen LogP contribution in [0.2, 0.25) is 4.34 Å². The van der Waals surface area contributed by atoms with Crippen LogP contribution in [0.5, 0.6) is 0 Å². The van der Waals surface area contributed by atoms with Crippen molar-refractivity contribution in [2.75, 3.05) is 17.7 Å². The Kier molecular flexibility index (Phi) is 3.87. The Morgan fingerprint density at radius 3 is 2.74 bits per heavy atom. The molecule has 0 amide bonds. The zero-order valence-electron chi connectivity index (χ0n) is 10.0. The van der Waals surface area contributed by atoms with Crippen molar-refractivity contribution in [2.45, 2.75) is 6.54 Å². The van der Waals surface area contributed by atoms with Crippen molar-refractivity contribution in [3.8, 4) is 0 Å². The SMILES string of the molecule is CN(Cc1ccc(Cl)s1)c1ccc([N+](=O)[O-])c(N)n1. The van der Waals surface area contributed by atoms with Crippen molar-refractivity contribution in [3.05, 3.63) is 43.6 Å². The highest BCUT2D eigenvalue weighted by Gasteiger charge is 2.14. The Morgan fingerprint density at radius 2 is 2.21 bits per heavy atom. The predicted molar refractivity (Wildman–Crippen MR) is 76.7 cm³/mol. The van der Waals surface area contributed by atoms with Gasteiger partial charge in [-0.05, 0) is 18.2 Å². The van der Waals surface area contributed by atoms with Gasteiger partial charge in [-0.2, -0.15) is 0 Å². The molecule has 2 heterocycles. The van der Waals surface area contributed by atoms with Gasteiger partial charge in [0.15, 0.2) is 0 Å². The molecule has 6 nitrogen and oxygen atoms in total. The first kappa shape index (κ1) is 13.6. The summed E-state index contributed by atoms with van der Waals surface area (Å²) in [6.45, 7) is 0.613. The van der Waals surface area contributed by atoms with Crippen molar-refractivity contribution >= 4 is 40.3 Å². The number of hydrogen-bond acceptors (Lipinski definition) is 6.